The van der Waals surface area contributed by atoms with Gasteiger partial charge in [0.1, 0.15) is 0 Å². The maximum atomic E-state index is 5.80. The molecule has 0 bridgehead atoms. The van der Waals surface area contributed by atoms with Gasteiger partial charge in [0.2, 0.25) is 0 Å². The Kier molecular flexibility index (Phi) is 2.79. The third-order valence-corrected chi connectivity index (χ3v) is 4.10. The van der Waals surface area contributed by atoms with Gasteiger partial charge < -0.3 is 5.73 Å². The lowest BCUT2D eigenvalue weighted by Crippen LogP contribution is -2.30. The van der Waals surface area contributed by atoms with Crippen LogP contribution in [0.2, 0.25) is 0 Å². The van der Waals surface area contributed by atoms with Crippen LogP contribution in [0.5, 0.6) is 0 Å². The van der Waals surface area contributed by atoms with Gasteiger partial charge in [-0.25, -0.2) is 0 Å². The van der Waals surface area contributed by atoms with Crippen molar-refractivity contribution in [3.05, 3.63) is 35.9 Å². The van der Waals surface area contributed by atoms with Crippen LogP contribution in [0, 0.1) is 5.41 Å². The molecule has 1 aliphatic carbocycles. The van der Waals surface area contributed by atoms with Gasteiger partial charge in [0.05, 0.1) is 4.99 Å². The quantitative estimate of drug-likeness (QED) is 0.773. The molecule has 1 fully saturated rings. The Bertz CT molecular complexity index is 360. The summed E-state index contributed by atoms with van der Waals surface area (Å²) in [6.45, 7) is 2.19. The Hall–Kier alpha value is -0.890. The Morgan fingerprint density at radius 1 is 1.40 bits per heavy atom. The van der Waals surface area contributed by atoms with Gasteiger partial charge in [-0.2, -0.15) is 0 Å². The Morgan fingerprint density at radius 3 is 2.60 bits per heavy atom. The highest BCUT2D eigenvalue weighted by molar-refractivity contribution is 7.80. The summed E-state index contributed by atoms with van der Waals surface area (Å²) >= 11 is 5.15. The topological polar surface area (TPSA) is 26.0 Å². The first-order valence-electron chi connectivity index (χ1n) is 5.47. The van der Waals surface area contributed by atoms with E-state index in [-0.39, 0.29) is 5.41 Å². The van der Waals surface area contributed by atoms with E-state index in [0.29, 0.717) is 10.9 Å². The third-order valence-electron chi connectivity index (χ3n) is 3.61. The third kappa shape index (κ3) is 2.05. The Labute approximate surface area is 96.7 Å². The lowest BCUT2D eigenvalue weighted by atomic mass is 9.86. The first kappa shape index (κ1) is 10.6. The minimum atomic E-state index is 0.0792. The number of nitrogens with two attached hydrogens (primary N) is 1. The second-order valence-corrected chi connectivity index (χ2v) is 5.22. The molecule has 2 atom stereocenters. The molecule has 0 heterocycles. The maximum Gasteiger partial charge on any atom is 0.0787 e. The van der Waals surface area contributed by atoms with Crippen molar-refractivity contribution in [3.63, 3.8) is 0 Å². The molecule has 0 saturated heterocycles. The van der Waals surface area contributed by atoms with Crippen molar-refractivity contribution >= 4 is 17.2 Å². The molecule has 1 saturated carbocycles. The first-order valence-corrected chi connectivity index (χ1v) is 5.87. The van der Waals surface area contributed by atoms with Crippen LogP contribution >= 0.6 is 12.2 Å². The van der Waals surface area contributed by atoms with Crippen molar-refractivity contribution in [1.29, 1.82) is 0 Å². The van der Waals surface area contributed by atoms with Crippen LogP contribution in [0.1, 0.15) is 37.7 Å². The molecule has 1 aliphatic rings. The fourth-order valence-corrected chi connectivity index (χ4v) is 2.66. The van der Waals surface area contributed by atoms with E-state index in [2.05, 4.69) is 37.3 Å². The van der Waals surface area contributed by atoms with Crippen molar-refractivity contribution in [2.45, 2.75) is 32.1 Å². The van der Waals surface area contributed by atoms with Gasteiger partial charge in [-0.3, -0.25) is 0 Å². The summed E-state index contributed by atoms with van der Waals surface area (Å²) in [5, 5.41) is 0. The first-order chi connectivity index (χ1) is 7.12. The smallest absolute Gasteiger partial charge is 0.0787 e. The molecule has 80 valence electrons. The molecule has 0 amide bonds. The lowest BCUT2D eigenvalue weighted by molar-refractivity contribution is 0.482. The Morgan fingerprint density at radius 2 is 2.07 bits per heavy atom. The van der Waals surface area contributed by atoms with Gasteiger partial charge in [0.15, 0.2) is 0 Å². The summed E-state index contributed by atoms with van der Waals surface area (Å²) in [7, 11) is 0. The number of benzene rings is 1. The summed E-state index contributed by atoms with van der Waals surface area (Å²) in [5.74, 6) is 0.637. The normalized spacial score (nSPS) is 30.3. The monoisotopic (exact) mass is 219 g/mol. The minimum Gasteiger partial charge on any atom is -0.393 e. The van der Waals surface area contributed by atoms with E-state index in [0.717, 1.165) is 12.8 Å². The summed E-state index contributed by atoms with van der Waals surface area (Å²) < 4.78 is 0. The van der Waals surface area contributed by atoms with Gasteiger partial charge in [0, 0.05) is 5.41 Å². The molecule has 0 aromatic heterocycles. The standard InChI is InChI=1S/C13H17NS/c1-13(12(14)15)8-7-11(9-13)10-5-3-2-4-6-10/h2-6,11H,7-9H2,1H3,(H2,14,15). The van der Waals surface area contributed by atoms with Gasteiger partial charge in [-0.05, 0) is 30.7 Å². The number of rotatable bonds is 2. The molecular formula is C13H17NS. The van der Waals surface area contributed by atoms with Gasteiger partial charge >= 0.3 is 0 Å². The largest absolute Gasteiger partial charge is 0.393 e. The van der Waals surface area contributed by atoms with Gasteiger partial charge in [-0.1, -0.05) is 49.5 Å². The predicted molar refractivity (Wildman–Crippen MR) is 67.9 cm³/mol. The van der Waals surface area contributed by atoms with E-state index < -0.39 is 0 Å². The summed E-state index contributed by atoms with van der Waals surface area (Å²) in [6, 6.07) is 10.7. The predicted octanol–water partition coefficient (Wildman–Crippen LogP) is 3.25. The zero-order chi connectivity index (χ0) is 10.9. The maximum absolute atomic E-state index is 5.80. The van der Waals surface area contributed by atoms with Crippen molar-refractivity contribution in [2.24, 2.45) is 11.1 Å². The van der Waals surface area contributed by atoms with Gasteiger partial charge in [0.25, 0.3) is 0 Å². The van der Waals surface area contributed by atoms with Crippen LogP contribution in [-0.4, -0.2) is 4.99 Å². The molecule has 0 radical (unpaired) electrons. The molecule has 2 N–H and O–H groups in total. The molecular weight excluding hydrogens is 202 g/mol. The van der Waals surface area contributed by atoms with Crippen LogP contribution in [0.25, 0.3) is 0 Å². The number of hydrogen-bond acceptors (Lipinski definition) is 1. The average Bonchev–Trinajstić information content (AvgIpc) is 2.64. The molecule has 0 aliphatic heterocycles. The summed E-state index contributed by atoms with van der Waals surface area (Å²) in [6.07, 6.45) is 3.44. The molecule has 1 aromatic carbocycles. The minimum absolute atomic E-state index is 0.0792. The average molecular weight is 219 g/mol. The molecule has 1 aromatic rings. The van der Waals surface area contributed by atoms with Crippen molar-refractivity contribution in [3.8, 4) is 0 Å². The molecule has 0 spiro atoms. The van der Waals surface area contributed by atoms with E-state index in [1.807, 2.05) is 0 Å². The second kappa shape index (κ2) is 3.93. The SMILES string of the molecule is CC1(C(N)=S)CCC(c2ccccc2)C1. The molecule has 2 rings (SSSR count). The van der Waals surface area contributed by atoms with E-state index in [4.69, 9.17) is 18.0 Å². The van der Waals surface area contributed by atoms with Crippen molar-refractivity contribution in [2.75, 3.05) is 0 Å². The second-order valence-electron chi connectivity index (χ2n) is 4.78. The Balaban J connectivity index is 2.14. The highest BCUT2D eigenvalue weighted by atomic mass is 32.1. The van der Waals surface area contributed by atoms with Crippen LogP contribution in [0.3, 0.4) is 0 Å². The van der Waals surface area contributed by atoms with Crippen LogP contribution in [0.4, 0.5) is 0 Å². The molecule has 15 heavy (non-hydrogen) atoms. The zero-order valence-corrected chi connectivity index (χ0v) is 9.89. The van der Waals surface area contributed by atoms with Crippen LogP contribution < -0.4 is 5.73 Å². The highest BCUT2D eigenvalue weighted by Gasteiger charge is 2.37. The molecule has 2 heteroatoms. The summed E-state index contributed by atoms with van der Waals surface area (Å²) in [5.41, 5.74) is 7.31. The molecule has 1 nitrogen and oxygen atoms in total. The van der Waals surface area contributed by atoms with Crippen molar-refractivity contribution < 1.29 is 0 Å². The fourth-order valence-electron chi connectivity index (χ4n) is 2.47. The van der Waals surface area contributed by atoms with E-state index in [1.54, 1.807) is 0 Å². The van der Waals surface area contributed by atoms with Gasteiger partial charge in [-0.15, -0.1) is 0 Å². The highest BCUT2D eigenvalue weighted by Crippen LogP contribution is 2.46. The van der Waals surface area contributed by atoms with E-state index >= 15 is 0 Å². The van der Waals surface area contributed by atoms with Crippen LogP contribution in [-0.2, 0) is 0 Å². The van der Waals surface area contributed by atoms with E-state index in [1.165, 1.54) is 12.0 Å². The number of hydrogen-bond donors (Lipinski definition) is 1. The van der Waals surface area contributed by atoms with Crippen molar-refractivity contribution in [1.82, 2.24) is 0 Å². The van der Waals surface area contributed by atoms with E-state index in [9.17, 15) is 0 Å². The summed E-state index contributed by atoms with van der Waals surface area (Å²) in [4.78, 5) is 0.681. The lowest BCUT2D eigenvalue weighted by Gasteiger charge is -2.22. The fraction of sp³-hybridized carbons (Fsp3) is 0.462. The zero-order valence-electron chi connectivity index (χ0n) is 9.07. The van der Waals surface area contributed by atoms with Crippen LogP contribution in [0.15, 0.2) is 30.3 Å². The number of thiocarbonyl (C=S) groups is 1. The molecule has 2 unspecified atom stereocenters.